The van der Waals surface area contributed by atoms with Crippen LogP contribution in [0.1, 0.15) is 54.4 Å². The zero-order chi connectivity index (χ0) is 30.6. The van der Waals surface area contributed by atoms with Crippen molar-refractivity contribution in [3.05, 3.63) is 0 Å². The lowest BCUT2D eigenvalue weighted by Gasteiger charge is -2.37. The van der Waals surface area contributed by atoms with Gasteiger partial charge in [0.25, 0.3) is 0 Å². The summed E-state index contributed by atoms with van der Waals surface area (Å²) in [6, 6.07) is 0. The Bertz CT molecular complexity index is 849. The largest absolute Gasteiger partial charge is 0.444 e. The third kappa shape index (κ3) is 13.5. The van der Waals surface area contributed by atoms with Gasteiger partial charge < -0.3 is 34.4 Å². The molecule has 4 aliphatic rings. The van der Waals surface area contributed by atoms with E-state index in [4.69, 9.17) is 21.1 Å². The standard InChI is InChI=1S/C14H25N3O3.C11H19ClN2O3.C3H7N/c1-14(2,3)20-13(19)17-9-7-16(8-10-17)12(18)11-15-5-4-6-15;1-11(2,3)17-10(16)14-6-4-13(5-7-14)9(15)8-12;1-2-4-3-1/h4-11H2,1-3H3;4-8H2,1-3H3;4H,1-3H2. The zero-order valence-electron chi connectivity index (χ0n) is 25.9. The first-order valence-electron chi connectivity index (χ1n) is 14.7. The summed E-state index contributed by atoms with van der Waals surface area (Å²) in [5.74, 6) is 0.0796. The van der Waals surface area contributed by atoms with E-state index in [0.29, 0.717) is 58.9 Å². The average Bonchev–Trinajstić information content (AvgIpc) is 2.83. The maximum absolute atomic E-state index is 12.1. The number of piperazine rings is 2. The number of hydrogen-bond acceptors (Lipinski definition) is 8. The summed E-state index contributed by atoms with van der Waals surface area (Å²) in [6.07, 6.45) is 1.97. The molecule has 0 atom stereocenters. The number of halogens is 1. The molecule has 0 spiro atoms. The van der Waals surface area contributed by atoms with Gasteiger partial charge in [-0.05, 0) is 80.6 Å². The molecule has 0 bridgehead atoms. The third-order valence-corrected chi connectivity index (χ3v) is 6.93. The van der Waals surface area contributed by atoms with Crippen molar-refractivity contribution < 1.29 is 28.7 Å². The van der Waals surface area contributed by atoms with Crippen LogP contribution < -0.4 is 5.32 Å². The molecule has 4 heterocycles. The number of nitrogens with one attached hydrogen (secondary N) is 1. The maximum Gasteiger partial charge on any atom is 0.410 e. The van der Waals surface area contributed by atoms with Gasteiger partial charge in [-0.1, -0.05) is 0 Å². The molecule has 13 heteroatoms. The molecule has 4 aliphatic heterocycles. The predicted molar refractivity (Wildman–Crippen MR) is 158 cm³/mol. The second-order valence-corrected chi connectivity index (χ2v) is 12.8. The van der Waals surface area contributed by atoms with E-state index < -0.39 is 11.2 Å². The van der Waals surface area contributed by atoms with Crippen molar-refractivity contribution in [3.8, 4) is 0 Å². The molecule has 1 N–H and O–H groups in total. The third-order valence-electron chi connectivity index (χ3n) is 6.70. The molecular formula is C28H51ClN6O6. The minimum atomic E-state index is -0.486. The maximum atomic E-state index is 12.1. The molecule has 0 saturated carbocycles. The van der Waals surface area contributed by atoms with E-state index in [9.17, 15) is 19.2 Å². The fourth-order valence-electron chi connectivity index (χ4n) is 4.02. The first-order valence-corrected chi connectivity index (χ1v) is 15.2. The summed E-state index contributed by atoms with van der Waals surface area (Å²) < 4.78 is 10.6. The minimum absolute atomic E-state index is 0.00750. The van der Waals surface area contributed by atoms with Crippen LogP contribution in [-0.4, -0.2) is 151 Å². The highest BCUT2D eigenvalue weighted by atomic mass is 35.5. The van der Waals surface area contributed by atoms with Gasteiger partial charge in [-0.2, -0.15) is 0 Å². The van der Waals surface area contributed by atoms with Crippen molar-refractivity contribution in [2.75, 3.05) is 91.0 Å². The monoisotopic (exact) mass is 602 g/mol. The van der Waals surface area contributed by atoms with Crippen LogP contribution in [0.15, 0.2) is 0 Å². The van der Waals surface area contributed by atoms with Crippen LogP contribution >= 0.6 is 11.6 Å². The van der Waals surface area contributed by atoms with Crippen molar-refractivity contribution in [3.63, 3.8) is 0 Å². The summed E-state index contributed by atoms with van der Waals surface area (Å²) >= 11 is 5.47. The number of nitrogens with zero attached hydrogens (tertiary/aromatic N) is 5. The van der Waals surface area contributed by atoms with Gasteiger partial charge >= 0.3 is 12.2 Å². The van der Waals surface area contributed by atoms with Crippen LogP contribution in [0.4, 0.5) is 9.59 Å². The highest BCUT2D eigenvalue weighted by Crippen LogP contribution is 2.14. The van der Waals surface area contributed by atoms with Crippen molar-refractivity contribution in [1.29, 1.82) is 0 Å². The van der Waals surface area contributed by atoms with Gasteiger partial charge in [0, 0.05) is 52.4 Å². The first kappa shape index (κ1) is 34.9. The Hall–Kier alpha value is -2.31. The lowest BCUT2D eigenvalue weighted by molar-refractivity contribution is -0.135. The SMILES string of the molecule is C1CNC1.CC(C)(C)OC(=O)N1CCN(C(=O)CCl)CC1.CC(C)(C)OC(=O)N1CCN(C(=O)CN2CCC2)CC1. The van der Waals surface area contributed by atoms with Crippen LogP contribution in [0.3, 0.4) is 0 Å². The fraction of sp³-hybridized carbons (Fsp3) is 0.857. The molecule has 0 aliphatic carbocycles. The molecule has 4 amide bonds. The number of likely N-dealkylation sites (tertiary alicyclic amines) is 1. The smallest absolute Gasteiger partial charge is 0.410 e. The minimum Gasteiger partial charge on any atom is -0.444 e. The van der Waals surface area contributed by atoms with Crippen LogP contribution in [0.2, 0.25) is 0 Å². The number of ether oxygens (including phenoxy) is 2. The van der Waals surface area contributed by atoms with E-state index >= 15 is 0 Å². The molecule has 0 aromatic heterocycles. The van der Waals surface area contributed by atoms with Crippen molar-refractivity contribution in [2.24, 2.45) is 0 Å². The summed E-state index contributed by atoms with van der Waals surface area (Å²) in [7, 11) is 0. The Morgan fingerprint density at radius 1 is 0.610 bits per heavy atom. The van der Waals surface area contributed by atoms with E-state index in [1.807, 2.05) is 46.4 Å². The molecule has 0 unspecified atom stereocenters. The lowest BCUT2D eigenvalue weighted by Crippen LogP contribution is -2.54. The predicted octanol–water partition coefficient (Wildman–Crippen LogP) is 2.06. The van der Waals surface area contributed by atoms with E-state index in [0.717, 1.165) is 13.1 Å². The Morgan fingerprint density at radius 2 is 0.951 bits per heavy atom. The summed E-state index contributed by atoms with van der Waals surface area (Å²) in [6.45, 7) is 20.5. The van der Waals surface area contributed by atoms with Gasteiger partial charge in [0.2, 0.25) is 11.8 Å². The number of alkyl halides is 1. The molecule has 4 saturated heterocycles. The van der Waals surface area contributed by atoms with Gasteiger partial charge in [-0.15, -0.1) is 11.6 Å². The number of carbonyl (C=O) groups is 4. The summed E-state index contributed by atoms with van der Waals surface area (Å²) in [4.78, 5) is 56.0. The molecule has 4 rings (SSSR count). The van der Waals surface area contributed by atoms with E-state index in [1.165, 1.54) is 25.9 Å². The van der Waals surface area contributed by atoms with E-state index in [2.05, 4.69) is 10.2 Å². The van der Waals surface area contributed by atoms with Crippen LogP contribution in [-0.2, 0) is 19.1 Å². The van der Waals surface area contributed by atoms with Gasteiger partial charge in [-0.3, -0.25) is 14.5 Å². The van der Waals surface area contributed by atoms with Crippen molar-refractivity contribution in [1.82, 2.24) is 29.8 Å². The van der Waals surface area contributed by atoms with E-state index in [-0.39, 0.29) is 29.9 Å². The second-order valence-electron chi connectivity index (χ2n) is 12.6. The number of carbonyl (C=O) groups excluding carboxylic acids is 4. The van der Waals surface area contributed by atoms with Gasteiger partial charge in [0.05, 0.1) is 6.54 Å². The van der Waals surface area contributed by atoms with Crippen molar-refractivity contribution in [2.45, 2.75) is 65.6 Å². The number of amides is 4. The number of rotatable bonds is 3. The second kappa shape index (κ2) is 16.4. The van der Waals surface area contributed by atoms with Crippen LogP contribution in [0.25, 0.3) is 0 Å². The average molecular weight is 603 g/mol. The molecule has 4 fully saturated rings. The fourth-order valence-corrected chi connectivity index (χ4v) is 4.19. The molecule has 0 radical (unpaired) electrons. The molecule has 12 nitrogen and oxygen atoms in total. The Balaban J connectivity index is 0.000000254. The van der Waals surface area contributed by atoms with Gasteiger partial charge in [0.15, 0.2) is 0 Å². The topological polar surface area (TPSA) is 115 Å². The molecule has 236 valence electrons. The van der Waals surface area contributed by atoms with Crippen LogP contribution in [0.5, 0.6) is 0 Å². The zero-order valence-corrected chi connectivity index (χ0v) is 26.6. The Kier molecular flexibility index (Phi) is 13.9. The molecular weight excluding hydrogens is 552 g/mol. The first-order chi connectivity index (χ1) is 19.2. The highest BCUT2D eigenvalue weighted by molar-refractivity contribution is 6.27. The normalized spacial score (nSPS) is 19.4. The highest BCUT2D eigenvalue weighted by Gasteiger charge is 2.29. The van der Waals surface area contributed by atoms with Crippen molar-refractivity contribution >= 4 is 35.6 Å². The quantitative estimate of drug-likeness (QED) is 0.488. The Morgan fingerprint density at radius 3 is 1.22 bits per heavy atom. The van der Waals surface area contributed by atoms with E-state index in [1.54, 1.807) is 14.7 Å². The number of hydrogen-bond donors (Lipinski definition) is 1. The summed E-state index contributed by atoms with van der Waals surface area (Å²) in [5.41, 5.74) is -0.957. The molecule has 0 aromatic carbocycles. The lowest BCUT2D eigenvalue weighted by atomic mass is 10.2. The van der Waals surface area contributed by atoms with Gasteiger partial charge in [-0.25, -0.2) is 9.59 Å². The summed E-state index contributed by atoms with van der Waals surface area (Å²) in [5, 5.41) is 3.11. The van der Waals surface area contributed by atoms with Crippen LogP contribution in [0, 0.1) is 0 Å². The Labute approximate surface area is 250 Å². The molecule has 0 aromatic rings. The van der Waals surface area contributed by atoms with Gasteiger partial charge in [0.1, 0.15) is 17.1 Å². The molecule has 41 heavy (non-hydrogen) atoms.